The number of nitrogens with one attached hydrogen (secondary N) is 2. The van der Waals surface area contributed by atoms with Crippen LogP contribution in [0.25, 0.3) is 11.3 Å². The minimum absolute atomic E-state index is 0.0701. The second-order valence-corrected chi connectivity index (χ2v) is 7.12. The quantitative estimate of drug-likeness (QED) is 0.687. The fraction of sp³-hybridized carbons (Fsp3) is 0.200. The molecule has 0 aliphatic heterocycles. The van der Waals surface area contributed by atoms with E-state index in [1.807, 2.05) is 6.07 Å². The first kappa shape index (κ1) is 19.5. The van der Waals surface area contributed by atoms with Crippen molar-refractivity contribution in [1.29, 1.82) is 5.26 Å². The molecule has 0 saturated carbocycles. The van der Waals surface area contributed by atoms with E-state index in [1.165, 1.54) is 23.5 Å². The van der Waals surface area contributed by atoms with Crippen LogP contribution in [0.4, 0.5) is 9.52 Å². The lowest BCUT2D eigenvalue weighted by Crippen LogP contribution is -2.18. The largest absolute Gasteiger partial charge is 0.325 e. The van der Waals surface area contributed by atoms with Gasteiger partial charge in [-0.2, -0.15) is 5.26 Å². The topological polar surface area (TPSA) is 98.6 Å². The summed E-state index contributed by atoms with van der Waals surface area (Å²) >= 11 is 1.26. The molecule has 1 aromatic carbocycles. The van der Waals surface area contributed by atoms with Crippen molar-refractivity contribution in [3.05, 3.63) is 68.2 Å². The van der Waals surface area contributed by atoms with Crippen molar-refractivity contribution >= 4 is 22.4 Å². The zero-order valence-electron chi connectivity index (χ0n) is 15.3. The number of halogens is 1. The standard InChI is InChI=1S/C20H17FN4O2S/c1-11-15(12(2)23-19(27)16(11)9-22)6-7-18(26)25-20-24-17(10-28-20)13-4-3-5-14(21)8-13/h3-5,8,10H,6-7H2,1-2H3,(H,23,27)(H,24,25,26). The zero-order valence-corrected chi connectivity index (χ0v) is 16.1. The normalized spacial score (nSPS) is 10.5. The van der Waals surface area contributed by atoms with E-state index in [1.54, 1.807) is 31.4 Å². The summed E-state index contributed by atoms with van der Waals surface area (Å²) in [5, 5.41) is 14.0. The van der Waals surface area contributed by atoms with Gasteiger partial charge in [0.1, 0.15) is 17.4 Å². The fourth-order valence-corrected chi connectivity index (χ4v) is 3.69. The van der Waals surface area contributed by atoms with Gasteiger partial charge in [-0.1, -0.05) is 12.1 Å². The van der Waals surface area contributed by atoms with Crippen LogP contribution in [0.5, 0.6) is 0 Å². The Morgan fingerprint density at radius 2 is 2.18 bits per heavy atom. The Morgan fingerprint density at radius 1 is 1.39 bits per heavy atom. The summed E-state index contributed by atoms with van der Waals surface area (Å²) in [6.07, 6.45) is 0.560. The molecule has 2 aromatic heterocycles. The predicted octanol–water partition coefficient (Wildman–Crippen LogP) is 3.70. The molecular formula is C20H17FN4O2S. The minimum atomic E-state index is -0.418. The summed E-state index contributed by atoms with van der Waals surface area (Å²) < 4.78 is 13.3. The Kier molecular flexibility index (Phi) is 5.66. The number of aromatic nitrogens is 2. The van der Waals surface area contributed by atoms with E-state index >= 15 is 0 Å². The van der Waals surface area contributed by atoms with Crippen LogP contribution in [0, 0.1) is 31.0 Å². The Bertz CT molecular complexity index is 1140. The maximum atomic E-state index is 13.3. The van der Waals surface area contributed by atoms with E-state index in [-0.39, 0.29) is 23.7 Å². The number of hydrogen-bond acceptors (Lipinski definition) is 5. The lowest BCUT2D eigenvalue weighted by molar-refractivity contribution is -0.116. The third-order valence-electron chi connectivity index (χ3n) is 4.39. The molecule has 2 N–H and O–H groups in total. The summed E-state index contributed by atoms with van der Waals surface area (Å²) in [4.78, 5) is 31.0. The molecule has 28 heavy (non-hydrogen) atoms. The van der Waals surface area contributed by atoms with E-state index in [9.17, 15) is 14.0 Å². The van der Waals surface area contributed by atoms with E-state index in [2.05, 4.69) is 15.3 Å². The number of amides is 1. The van der Waals surface area contributed by atoms with Crippen molar-refractivity contribution < 1.29 is 9.18 Å². The van der Waals surface area contributed by atoms with Crippen LogP contribution in [-0.2, 0) is 11.2 Å². The van der Waals surface area contributed by atoms with Gasteiger partial charge in [0.15, 0.2) is 5.13 Å². The summed E-state index contributed by atoms with van der Waals surface area (Å²) in [5.74, 6) is -0.580. The number of pyridine rings is 1. The number of aromatic amines is 1. The summed E-state index contributed by atoms with van der Waals surface area (Å²) in [6.45, 7) is 3.45. The molecule has 2 heterocycles. The number of carbonyl (C=O) groups is 1. The number of nitrogens with zero attached hydrogens (tertiary/aromatic N) is 2. The molecular weight excluding hydrogens is 379 g/mol. The van der Waals surface area contributed by atoms with Gasteiger partial charge >= 0.3 is 0 Å². The van der Waals surface area contributed by atoms with Gasteiger partial charge in [0.25, 0.3) is 5.56 Å². The number of thiazole rings is 1. The van der Waals surface area contributed by atoms with Crippen molar-refractivity contribution in [2.75, 3.05) is 5.32 Å². The average molecular weight is 396 g/mol. The van der Waals surface area contributed by atoms with Crippen molar-refractivity contribution in [1.82, 2.24) is 9.97 Å². The molecule has 0 bridgehead atoms. The molecule has 142 valence electrons. The highest BCUT2D eigenvalue weighted by Gasteiger charge is 2.14. The van der Waals surface area contributed by atoms with E-state index in [0.29, 0.717) is 34.1 Å². The van der Waals surface area contributed by atoms with Crippen molar-refractivity contribution in [2.45, 2.75) is 26.7 Å². The zero-order chi connectivity index (χ0) is 20.3. The lowest BCUT2D eigenvalue weighted by Gasteiger charge is -2.10. The molecule has 0 unspecified atom stereocenters. The lowest BCUT2D eigenvalue weighted by atomic mass is 9.99. The van der Waals surface area contributed by atoms with Gasteiger partial charge in [0.05, 0.1) is 5.69 Å². The number of carbonyl (C=O) groups excluding carboxylic acids is 1. The third kappa shape index (κ3) is 4.15. The third-order valence-corrected chi connectivity index (χ3v) is 5.15. The van der Waals surface area contributed by atoms with Crippen LogP contribution in [0.3, 0.4) is 0 Å². The Balaban J connectivity index is 1.68. The molecule has 0 saturated heterocycles. The summed E-state index contributed by atoms with van der Waals surface area (Å²) in [7, 11) is 0. The van der Waals surface area contributed by atoms with Crippen LogP contribution < -0.4 is 10.9 Å². The van der Waals surface area contributed by atoms with Gasteiger partial charge in [-0.05, 0) is 43.5 Å². The molecule has 1 amide bonds. The second kappa shape index (κ2) is 8.15. The monoisotopic (exact) mass is 396 g/mol. The smallest absolute Gasteiger partial charge is 0.266 e. The molecule has 0 fully saturated rings. The molecule has 0 spiro atoms. The van der Waals surface area contributed by atoms with Gasteiger partial charge in [0, 0.05) is 23.1 Å². The molecule has 0 aliphatic carbocycles. The van der Waals surface area contributed by atoms with Gasteiger partial charge in [0.2, 0.25) is 5.91 Å². The predicted molar refractivity (Wildman–Crippen MR) is 106 cm³/mol. The van der Waals surface area contributed by atoms with E-state index in [0.717, 1.165) is 5.56 Å². The minimum Gasteiger partial charge on any atom is -0.325 e. The van der Waals surface area contributed by atoms with Crippen LogP contribution >= 0.6 is 11.3 Å². The van der Waals surface area contributed by atoms with Gasteiger partial charge in [-0.15, -0.1) is 11.3 Å². The van der Waals surface area contributed by atoms with E-state index in [4.69, 9.17) is 5.26 Å². The number of rotatable bonds is 5. The second-order valence-electron chi connectivity index (χ2n) is 6.27. The highest BCUT2D eigenvalue weighted by molar-refractivity contribution is 7.14. The highest BCUT2D eigenvalue weighted by Crippen LogP contribution is 2.25. The number of H-pyrrole nitrogens is 1. The maximum absolute atomic E-state index is 13.3. The maximum Gasteiger partial charge on any atom is 0.266 e. The highest BCUT2D eigenvalue weighted by atomic mass is 32.1. The number of nitriles is 1. The molecule has 0 radical (unpaired) electrons. The van der Waals surface area contributed by atoms with Crippen LogP contribution in [0.2, 0.25) is 0 Å². The molecule has 8 heteroatoms. The first-order valence-electron chi connectivity index (χ1n) is 8.53. The summed E-state index contributed by atoms with van der Waals surface area (Å²) in [5.41, 5.74) is 2.91. The first-order chi connectivity index (χ1) is 13.4. The van der Waals surface area contributed by atoms with E-state index < -0.39 is 5.56 Å². The number of benzene rings is 1. The van der Waals surface area contributed by atoms with Gasteiger partial charge < -0.3 is 10.3 Å². The van der Waals surface area contributed by atoms with Crippen molar-refractivity contribution in [3.63, 3.8) is 0 Å². The summed E-state index contributed by atoms with van der Waals surface area (Å²) in [6, 6.07) is 8.00. The fourth-order valence-electron chi connectivity index (χ4n) is 2.95. The van der Waals surface area contributed by atoms with Gasteiger partial charge in [-0.3, -0.25) is 9.59 Å². The number of hydrogen-bond donors (Lipinski definition) is 2. The first-order valence-corrected chi connectivity index (χ1v) is 9.40. The molecule has 6 nitrogen and oxygen atoms in total. The Labute approximate surface area is 164 Å². The Morgan fingerprint density at radius 3 is 2.89 bits per heavy atom. The molecule has 0 atom stereocenters. The molecule has 0 aliphatic rings. The Hall–Kier alpha value is -3.31. The van der Waals surface area contributed by atoms with Crippen LogP contribution in [0.15, 0.2) is 34.4 Å². The molecule has 3 rings (SSSR count). The SMILES string of the molecule is Cc1[nH]c(=O)c(C#N)c(C)c1CCC(=O)Nc1nc(-c2cccc(F)c2)cs1. The van der Waals surface area contributed by atoms with Crippen molar-refractivity contribution in [3.8, 4) is 17.3 Å². The number of anilines is 1. The molecule has 3 aromatic rings. The average Bonchev–Trinajstić information content (AvgIpc) is 3.10. The van der Waals surface area contributed by atoms with Crippen LogP contribution in [0.1, 0.15) is 28.8 Å². The van der Waals surface area contributed by atoms with Gasteiger partial charge in [-0.25, -0.2) is 9.37 Å². The van der Waals surface area contributed by atoms with Crippen LogP contribution in [-0.4, -0.2) is 15.9 Å². The number of aryl methyl sites for hydroxylation is 1. The van der Waals surface area contributed by atoms with Crippen molar-refractivity contribution in [2.24, 2.45) is 0 Å².